The van der Waals surface area contributed by atoms with E-state index in [4.69, 9.17) is 5.11 Å². The second-order valence-electron chi connectivity index (χ2n) is 5.43. The fourth-order valence-electron chi connectivity index (χ4n) is 2.47. The first-order valence-corrected chi connectivity index (χ1v) is 7.86. The van der Waals surface area contributed by atoms with Gasteiger partial charge in [0.05, 0.1) is 5.56 Å². The molecule has 1 aromatic rings. The average molecular weight is 308 g/mol. The van der Waals surface area contributed by atoms with Gasteiger partial charge in [-0.15, -0.1) is 0 Å². The van der Waals surface area contributed by atoms with E-state index in [1.54, 1.807) is 19.1 Å². The SMILES string of the molecule is Cc1cc(C(=O)O)ccc1NC(=O)N1CC(C)SC(C)C1. The maximum Gasteiger partial charge on any atom is 0.335 e. The molecule has 1 fully saturated rings. The molecule has 0 saturated carbocycles. The molecular formula is C15H20N2O3S. The second kappa shape index (κ2) is 6.39. The first-order valence-electron chi connectivity index (χ1n) is 6.92. The molecule has 21 heavy (non-hydrogen) atoms. The number of carboxylic acids is 1. The van der Waals surface area contributed by atoms with Crippen molar-refractivity contribution >= 4 is 29.4 Å². The molecule has 2 amide bonds. The van der Waals surface area contributed by atoms with E-state index in [0.717, 1.165) is 18.7 Å². The minimum absolute atomic E-state index is 0.125. The molecule has 0 aliphatic carbocycles. The Balaban J connectivity index is 2.07. The third-order valence-electron chi connectivity index (χ3n) is 3.42. The molecule has 2 rings (SSSR count). The van der Waals surface area contributed by atoms with Gasteiger partial charge in [0.2, 0.25) is 0 Å². The molecule has 2 unspecified atom stereocenters. The lowest BCUT2D eigenvalue weighted by Gasteiger charge is -2.34. The number of hydrogen-bond acceptors (Lipinski definition) is 3. The Kier molecular flexibility index (Phi) is 4.77. The van der Waals surface area contributed by atoms with Crippen molar-refractivity contribution in [2.75, 3.05) is 18.4 Å². The number of hydrogen-bond donors (Lipinski definition) is 2. The highest BCUT2D eigenvalue weighted by Crippen LogP contribution is 2.25. The third kappa shape index (κ3) is 3.91. The van der Waals surface area contributed by atoms with Crippen LogP contribution in [0.5, 0.6) is 0 Å². The van der Waals surface area contributed by atoms with Crippen molar-refractivity contribution in [2.45, 2.75) is 31.3 Å². The Labute approximate surface area is 128 Å². The van der Waals surface area contributed by atoms with Gasteiger partial charge < -0.3 is 15.3 Å². The highest BCUT2D eigenvalue weighted by molar-refractivity contribution is 8.00. The van der Waals surface area contributed by atoms with Crippen molar-refractivity contribution in [2.24, 2.45) is 0 Å². The molecular weight excluding hydrogens is 288 g/mol. The molecule has 6 heteroatoms. The number of carbonyl (C=O) groups is 2. The largest absolute Gasteiger partial charge is 0.478 e. The van der Waals surface area contributed by atoms with Gasteiger partial charge in [-0.25, -0.2) is 9.59 Å². The fourth-order valence-corrected chi connectivity index (χ4v) is 3.80. The molecule has 1 saturated heterocycles. The predicted octanol–water partition coefficient (Wildman–Crippen LogP) is 3.05. The lowest BCUT2D eigenvalue weighted by Crippen LogP contribution is -2.46. The number of nitrogens with zero attached hydrogens (tertiary/aromatic N) is 1. The number of thioether (sulfide) groups is 1. The monoisotopic (exact) mass is 308 g/mol. The number of aryl methyl sites for hydroxylation is 1. The second-order valence-corrected chi connectivity index (χ2v) is 7.31. The molecule has 1 aliphatic rings. The molecule has 5 nitrogen and oxygen atoms in total. The van der Waals surface area contributed by atoms with Crippen molar-refractivity contribution in [1.29, 1.82) is 0 Å². The van der Waals surface area contributed by atoms with Crippen LogP contribution >= 0.6 is 11.8 Å². The maximum absolute atomic E-state index is 12.3. The zero-order valence-corrected chi connectivity index (χ0v) is 13.2. The van der Waals surface area contributed by atoms with Crippen LogP contribution in [-0.2, 0) is 0 Å². The summed E-state index contributed by atoms with van der Waals surface area (Å²) in [7, 11) is 0. The smallest absolute Gasteiger partial charge is 0.335 e. The van der Waals surface area contributed by atoms with E-state index in [2.05, 4.69) is 19.2 Å². The van der Waals surface area contributed by atoms with Crippen LogP contribution in [0.3, 0.4) is 0 Å². The normalized spacial score (nSPS) is 22.0. The number of carboxylic acid groups (broad SMARTS) is 1. The summed E-state index contributed by atoms with van der Waals surface area (Å²) in [5, 5.41) is 12.7. The van der Waals surface area contributed by atoms with Crippen LogP contribution in [0.15, 0.2) is 18.2 Å². The molecule has 1 aliphatic heterocycles. The van der Waals surface area contributed by atoms with Crippen molar-refractivity contribution in [3.63, 3.8) is 0 Å². The molecule has 0 radical (unpaired) electrons. The molecule has 1 heterocycles. The van der Waals surface area contributed by atoms with Crippen LogP contribution in [0, 0.1) is 6.92 Å². The van der Waals surface area contributed by atoms with Crippen LogP contribution in [0.1, 0.15) is 29.8 Å². The molecule has 0 spiro atoms. The lowest BCUT2D eigenvalue weighted by molar-refractivity contribution is 0.0697. The van der Waals surface area contributed by atoms with Gasteiger partial charge in [0.15, 0.2) is 0 Å². The van der Waals surface area contributed by atoms with Crippen LogP contribution < -0.4 is 5.32 Å². The Morgan fingerprint density at radius 1 is 1.29 bits per heavy atom. The Bertz CT molecular complexity index is 552. The molecule has 2 N–H and O–H groups in total. The van der Waals surface area contributed by atoms with Crippen LogP contribution in [0.25, 0.3) is 0 Å². The highest BCUT2D eigenvalue weighted by atomic mass is 32.2. The van der Waals surface area contributed by atoms with E-state index < -0.39 is 5.97 Å². The van der Waals surface area contributed by atoms with Gasteiger partial charge in [-0.2, -0.15) is 11.8 Å². The van der Waals surface area contributed by atoms with Gasteiger partial charge >= 0.3 is 12.0 Å². The number of rotatable bonds is 2. The topological polar surface area (TPSA) is 69.6 Å². The van der Waals surface area contributed by atoms with Crippen LogP contribution in [-0.4, -0.2) is 45.6 Å². The Morgan fingerprint density at radius 3 is 2.43 bits per heavy atom. The number of aromatic carboxylic acids is 1. The zero-order chi connectivity index (χ0) is 15.6. The number of amides is 2. The summed E-state index contributed by atoms with van der Waals surface area (Å²) in [6.45, 7) is 7.49. The molecule has 1 aromatic carbocycles. The number of urea groups is 1. The predicted molar refractivity (Wildman–Crippen MR) is 85.2 cm³/mol. The Morgan fingerprint density at radius 2 is 1.90 bits per heavy atom. The van der Waals surface area contributed by atoms with E-state index in [9.17, 15) is 9.59 Å². The van der Waals surface area contributed by atoms with Gasteiger partial charge in [-0.1, -0.05) is 13.8 Å². The van der Waals surface area contributed by atoms with Gasteiger partial charge in [-0.05, 0) is 30.7 Å². The number of benzene rings is 1. The molecule has 0 aromatic heterocycles. The summed E-state index contributed by atoms with van der Waals surface area (Å²) in [4.78, 5) is 25.0. The summed E-state index contributed by atoms with van der Waals surface area (Å²) in [6.07, 6.45) is 0. The van der Waals surface area contributed by atoms with Gasteiger partial charge in [0.25, 0.3) is 0 Å². The van der Waals surface area contributed by atoms with Crippen molar-refractivity contribution in [3.8, 4) is 0 Å². The maximum atomic E-state index is 12.3. The summed E-state index contributed by atoms with van der Waals surface area (Å²) in [5.41, 5.74) is 1.63. The van der Waals surface area contributed by atoms with Gasteiger partial charge in [0, 0.05) is 29.3 Å². The molecule has 114 valence electrons. The van der Waals surface area contributed by atoms with E-state index in [1.807, 2.05) is 16.7 Å². The third-order valence-corrected chi connectivity index (χ3v) is 4.65. The Hall–Kier alpha value is -1.69. The van der Waals surface area contributed by atoms with E-state index in [0.29, 0.717) is 16.2 Å². The van der Waals surface area contributed by atoms with Crippen molar-refractivity contribution in [3.05, 3.63) is 29.3 Å². The van der Waals surface area contributed by atoms with E-state index in [-0.39, 0.29) is 11.6 Å². The summed E-state index contributed by atoms with van der Waals surface area (Å²) < 4.78 is 0. The van der Waals surface area contributed by atoms with E-state index in [1.165, 1.54) is 6.07 Å². The average Bonchev–Trinajstić information content (AvgIpc) is 2.39. The van der Waals surface area contributed by atoms with Crippen molar-refractivity contribution < 1.29 is 14.7 Å². The van der Waals surface area contributed by atoms with Gasteiger partial charge in [0.1, 0.15) is 0 Å². The lowest BCUT2D eigenvalue weighted by atomic mass is 10.1. The number of anilines is 1. The first-order chi connectivity index (χ1) is 9.86. The zero-order valence-electron chi connectivity index (χ0n) is 12.4. The van der Waals surface area contributed by atoms with Crippen molar-refractivity contribution in [1.82, 2.24) is 4.90 Å². The highest BCUT2D eigenvalue weighted by Gasteiger charge is 2.26. The fraction of sp³-hybridized carbons (Fsp3) is 0.467. The molecule has 2 atom stereocenters. The molecule has 0 bridgehead atoms. The van der Waals surface area contributed by atoms with Crippen LogP contribution in [0.4, 0.5) is 10.5 Å². The summed E-state index contributed by atoms with van der Waals surface area (Å²) >= 11 is 1.89. The first kappa shape index (κ1) is 15.7. The van der Waals surface area contributed by atoms with E-state index >= 15 is 0 Å². The van der Waals surface area contributed by atoms with Gasteiger partial charge in [-0.3, -0.25) is 0 Å². The standard InChI is InChI=1S/C15H20N2O3S/c1-9-6-12(14(18)19)4-5-13(9)16-15(20)17-7-10(2)21-11(3)8-17/h4-6,10-11H,7-8H2,1-3H3,(H,16,20)(H,18,19). The minimum Gasteiger partial charge on any atom is -0.478 e. The summed E-state index contributed by atoms with van der Waals surface area (Å²) in [6, 6.07) is 4.58. The quantitative estimate of drug-likeness (QED) is 0.881. The number of nitrogens with one attached hydrogen (secondary N) is 1. The van der Waals surface area contributed by atoms with Crippen LogP contribution in [0.2, 0.25) is 0 Å². The summed E-state index contributed by atoms with van der Waals surface area (Å²) in [5.74, 6) is -0.966. The number of carbonyl (C=O) groups excluding carboxylic acids is 1. The minimum atomic E-state index is -0.966.